The van der Waals surface area contributed by atoms with E-state index < -0.39 is 5.41 Å². The summed E-state index contributed by atoms with van der Waals surface area (Å²) < 4.78 is 0. The first-order valence-electron chi connectivity index (χ1n) is 9.55. The maximum Gasteiger partial charge on any atom is 0.231 e. The van der Waals surface area contributed by atoms with E-state index in [1.807, 2.05) is 30.3 Å². The third-order valence-corrected chi connectivity index (χ3v) is 5.73. The molecule has 4 nitrogen and oxygen atoms in total. The molecule has 1 heterocycles. The summed E-state index contributed by atoms with van der Waals surface area (Å²) in [6.45, 7) is 3.07. The van der Waals surface area contributed by atoms with Crippen molar-refractivity contribution in [1.82, 2.24) is 10.2 Å². The number of phenolic OH excluding ortho intramolecular Hbond substituents is 1. The predicted octanol–water partition coefficient (Wildman–Crippen LogP) is 3.38. The summed E-state index contributed by atoms with van der Waals surface area (Å²) in [6, 6.07) is 17.4. The highest BCUT2D eigenvalue weighted by atomic mass is 16.3. The van der Waals surface area contributed by atoms with Gasteiger partial charge in [-0.1, -0.05) is 42.5 Å². The number of aromatic hydroxyl groups is 1. The van der Waals surface area contributed by atoms with Gasteiger partial charge in [0.25, 0.3) is 0 Å². The zero-order valence-electron chi connectivity index (χ0n) is 15.0. The molecule has 1 aliphatic carbocycles. The molecule has 2 aromatic rings. The van der Waals surface area contributed by atoms with Crippen LogP contribution in [0, 0.1) is 0 Å². The molecule has 2 fully saturated rings. The van der Waals surface area contributed by atoms with Crippen molar-refractivity contribution in [3.05, 3.63) is 65.7 Å². The van der Waals surface area contributed by atoms with Crippen molar-refractivity contribution in [2.75, 3.05) is 19.6 Å². The van der Waals surface area contributed by atoms with Crippen LogP contribution in [0.5, 0.6) is 5.75 Å². The lowest BCUT2D eigenvalue weighted by Crippen LogP contribution is -2.41. The quantitative estimate of drug-likeness (QED) is 0.840. The minimum absolute atomic E-state index is 0.00316. The predicted molar refractivity (Wildman–Crippen MR) is 102 cm³/mol. The second-order valence-electron chi connectivity index (χ2n) is 7.58. The van der Waals surface area contributed by atoms with Gasteiger partial charge in [0.15, 0.2) is 0 Å². The van der Waals surface area contributed by atoms with Crippen LogP contribution in [0.3, 0.4) is 0 Å². The maximum atomic E-state index is 13.2. The van der Waals surface area contributed by atoms with E-state index in [0.717, 1.165) is 43.6 Å². The fourth-order valence-corrected chi connectivity index (χ4v) is 4.01. The standard InChI is InChI=1S/C22H26N2O2/c25-19-10-6-9-18(15-19)22(11-12-22)21(26)23-20(16-24-13-4-5-14-24)17-7-2-1-3-8-17/h1-3,6-10,15,20,25H,4-5,11-14,16H2,(H,23,26)/t20-/m1/s1. The summed E-state index contributed by atoms with van der Waals surface area (Å²) in [4.78, 5) is 15.6. The molecule has 136 valence electrons. The Hall–Kier alpha value is -2.33. The molecule has 2 N–H and O–H groups in total. The molecule has 0 unspecified atom stereocenters. The van der Waals surface area contributed by atoms with Gasteiger partial charge in [-0.2, -0.15) is 0 Å². The van der Waals surface area contributed by atoms with Gasteiger partial charge in [0, 0.05) is 6.54 Å². The molecule has 4 rings (SSSR count). The molecule has 0 aromatic heterocycles. The number of rotatable bonds is 6. The lowest BCUT2D eigenvalue weighted by Gasteiger charge is -2.27. The Morgan fingerprint density at radius 2 is 1.81 bits per heavy atom. The number of nitrogens with one attached hydrogen (secondary N) is 1. The van der Waals surface area contributed by atoms with Crippen molar-refractivity contribution in [1.29, 1.82) is 0 Å². The molecule has 0 bridgehead atoms. The van der Waals surface area contributed by atoms with E-state index in [4.69, 9.17) is 0 Å². The summed E-state index contributed by atoms with van der Waals surface area (Å²) >= 11 is 0. The van der Waals surface area contributed by atoms with E-state index in [1.165, 1.54) is 12.8 Å². The highest BCUT2D eigenvalue weighted by Crippen LogP contribution is 2.49. The van der Waals surface area contributed by atoms with Gasteiger partial charge in [0.05, 0.1) is 11.5 Å². The third kappa shape index (κ3) is 3.47. The lowest BCUT2D eigenvalue weighted by atomic mass is 9.93. The lowest BCUT2D eigenvalue weighted by molar-refractivity contribution is -0.124. The number of likely N-dealkylation sites (tertiary alicyclic amines) is 1. The largest absolute Gasteiger partial charge is 0.508 e. The first kappa shape index (κ1) is 17.1. The molecule has 1 aliphatic heterocycles. The zero-order valence-corrected chi connectivity index (χ0v) is 15.0. The van der Waals surface area contributed by atoms with Crippen LogP contribution in [0.25, 0.3) is 0 Å². The van der Waals surface area contributed by atoms with Crippen molar-refractivity contribution >= 4 is 5.91 Å². The Labute approximate surface area is 154 Å². The molecule has 1 atom stereocenters. The average molecular weight is 350 g/mol. The maximum absolute atomic E-state index is 13.2. The zero-order chi connectivity index (χ0) is 18.0. The van der Waals surface area contributed by atoms with Gasteiger partial charge < -0.3 is 15.3 Å². The van der Waals surface area contributed by atoms with E-state index in [1.54, 1.807) is 12.1 Å². The van der Waals surface area contributed by atoms with Crippen molar-refractivity contribution < 1.29 is 9.90 Å². The van der Waals surface area contributed by atoms with Crippen molar-refractivity contribution in [2.24, 2.45) is 0 Å². The van der Waals surface area contributed by atoms with Crippen molar-refractivity contribution in [3.63, 3.8) is 0 Å². The van der Waals surface area contributed by atoms with Gasteiger partial charge in [0.2, 0.25) is 5.91 Å². The summed E-state index contributed by atoms with van der Waals surface area (Å²) in [7, 11) is 0. The van der Waals surface area contributed by atoms with Crippen LogP contribution in [0.15, 0.2) is 54.6 Å². The highest BCUT2D eigenvalue weighted by molar-refractivity contribution is 5.91. The molecule has 2 aliphatic rings. The number of hydrogen-bond acceptors (Lipinski definition) is 3. The van der Waals surface area contributed by atoms with E-state index in [9.17, 15) is 9.90 Å². The Morgan fingerprint density at radius 1 is 1.08 bits per heavy atom. The SMILES string of the molecule is O=C(N[C@H](CN1CCCC1)c1ccccc1)C1(c2cccc(O)c2)CC1. The van der Waals surface area contributed by atoms with Gasteiger partial charge in [-0.25, -0.2) is 0 Å². The number of carbonyl (C=O) groups is 1. The van der Waals surface area contributed by atoms with E-state index in [2.05, 4.69) is 22.3 Å². The monoisotopic (exact) mass is 350 g/mol. The molecule has 1 saturated carbocycles. The fourth-order valence-electron chi connectivity index (χ4n) is 4.01. The molecule has 2 aromatic carbocycles. The van der Waals surface area contributed by atoms with E-state index in [0.29, 0.717) is 0 Å². The Bertz CT molecular complexity index is 765. The van der Waals surface area contributed by atoms with Gasteiger partial charge in [-0.15, -0.1) is 0 Å². The van der Waals surface area contributed by atoms with Crippen LogP contribution >= 0.6 is 0 Å². The van der Waals surface area contributed by atoms with Gasteiger partial charge in [-0.3, -0.25) is 4.79 Å². The molecule has 4 heteroatoms. The third-order valence-electron chi connectivity index (χ3n) is 5.73. The number of carbonyl (C=O) groups excluding carboxylic acids is 1. The van der Waals surface area contributed by atoms with E-state index >= 15 is 0 Å². The molecule has 1 amide bonds. The van der Waals surface area contributed by atoms with Crippen LogP contribution < -0.4 is 5.32 Å². The average Bonchev–Trinajstić information content (AvgIpc) is 3.33. The van der Waals surface area contributed by atoms with Crippen LogP contribution in [0.2, 0.25) is 0 Å². The van der Waals surface area contributed by atoms with Gasteiger partial charge in [-0.05, 0) is 62.0 Å². The fraction of sp³-hybridized carbons (Fsp3) is 0.409. The smallest absolute Gasteiger partial charge is 0.231 e. The summed E-state index contributed by atoms with van der Waals surface area (Å²) in [6.07, 6.45) is 4.16. The van der Waals surface area contributed by atoms with E-state index in [-0.39, 0.29) is 17.7 Å². The Kier molecular flexibility index (Phi) is 4.68. The molecule has 26 heavy (non-hydrogen) atoms. The van der Waals surface area contributed by atoms with Crippen LogP contribution in [-0.4, -0.2) is 35.5 Å². The summed E-state index contributed by atoms with van der Waals surface area (Å²) in [5.41, 5.74) is 1.60. The number of benzene rings is 2. The Balaban J connectivity index is 1.54. The molecule has 1 saturated heterocycles. The summed E-state index contributed by atoms with van der Waals surface area (Å²) in [5.74, 6) is 0.300. The minimum Gasteiger partial charge on any atom is -0.508 e. The highest BCUT2D eigenvalue weighted by Gasteiger charge is 2.51. The molecular weight excluding hydrogens is 324 g/mol. The first-order chi connectivity index (χ1) is 12.7. The number of phenols is 1. The second kappa shape index (κ2) is 7.12. The van der Waals surface area contributed by atoms with Crippen molar-refractivity contribution in [3.8, 4) is 5.75 Å². The first-order valence-corrected chi connectivity index (χ1v) is 9.55. The number of nitrogens with zero attached hydrogens (tertiary/aromatic N) is 1. The topological polar surface area (TPSA) is 52.6 Å². The van der Waals surface area contributed by atoms with Crippen LogP contribution in [0.1, 0.15) is 42.9 Å². The van der Waals surface area contributed by atoms with Crippen LogP contribution in [0.4, 0.5) is 0 Å². The van der Waals surface area contributed by atoms with Crippen LogP contribution in [-0.2, 0) is 10.2 Å². The minimum atomic E-state index is -0.475. The Morgan fingerprint density at radius 3 is 2.46 bits per heavy atom. The van der Waals surface area contributed by atoms with Gasteiger partial charge >= 0.3 is 0 Å². The molecule has 0 radical (unpaired) electrons. The molecule has 0 spiro atoms. The molecular formula is C22H26N2O2. The number of hydrogen-bond donors (Lipinski definition) is 2. The van der Waals surface area contributed by atoms with Crippen molar-refractivity contribution in [2.45, 2.75) is 37.1 Å². The number of amides is 1. The summed E-state index contributed by atoms with van der Waals surface area (Å²) in [5, 5.41) is 13.1. The normalized spacial score (nSPS) is 19.8. The van der Waals surface area contributed by atoms with Gasteiger partial charge in [0.1, 0.15) is 5.75 Å². The second-order valence-corrected chi connectivity index (χ2v) is 7.58.